The molecule has 6 nitrogen and oxygen atoms in total. The lowest BCUT2D eigenvalue weighted by Crippen LogP contribution is -2.60. The van der Waals surface area contributed by atoms with E-state index < -0.39 is 10.0 Å². The summed E-state index contributed by atoms with van der Waals surface area (Å²) >= 11 is 0. The van der Waals surface area contributed by atoms with Gasteiger partial charge in [-0.15, -0.1) is 0 Å². The van der Waals surface area contributed by atoms with Gasteiger partial charge in [0.1, 0.15) is 5.75 Å². The minimum atomic E-state index is -3.10. The number of hydrogen-bond acceptors (Lipinski definition) is 5. The van der Waals surface area contributed by atoms with Gasteiger partial charge >= 0.3 is 0 Å². The van der Waals surface area contributed by atoms with Gasteiger partial charge in [0.15, 0.2) is 0 Å². The molecule has 0 radical (unpaired) electrons. The fourth-order valence-corrected chi connectivity index (χ4v) is 5.99. The number of hydrogen-bond donors (Lipinski definition) is 1. The molecule has 5 rings (SSSR count). The van der Waals surface area contributed by atoms with Gasteiger partial charge in [0.25, 0.3) is 0 Å². The van der Waals surface area contributed by atoms with Crippen molar-refractivity contribution < 1.29 is 13.2 Å². The number of methoxy groups -OCH3 is 1. The monoisotopic (exact) mass is 393 g/mol. The predicted molar refractivity (Wildman–Crippen MR) is 107 cm³/mol. The summed E-state index contributed by atoms with van der Waals surface area (Å²) in [4.78, 5) is 5.34. The fourth-order valence-electron chi connectivity index (χ4n) is 5.48. The van der Waals surface area contributed by atoms with Crippen LogP contribution in [-0.2, 0) is 10.0 Å². The highest BCUT2D eigenvalue weighted by atomic mass is 32.2. The van der Waals surface area contributed by atoms with E-state index in [0.717, 1.165) is 31.2 Å². The first-order valence-electron chi connectivity index (χ1n) is 10.0. The van der Waals surface area contributed by atoms with E-state index in [1.807, 2.05) is 0 Å². The fraction of sp³-hybridized carbons (Fsp3) is 0.700. The molecule has 0 aromatic heterocycles. The lowest BCUT2D eigenvalue weighted by atomic mass is 9.75. The maximum atomic E-state index is 11.3. The molecule has 0 unspecified atom stereocenters. The Morgan fingerprint density at radius 2 is 1.85 bits per heavy atom. The molecule has 150 valence electrons. The summed E-state index contributed by atoms with van der Waals surface area (Å²) in [5.41, 5.74) is 1.40. The number of fused-ring (bicyclic) bond motifs is 2. The topological polar surface area (TPSA) is 61.9 Å². The first-order valence-corrected chi connectivity index (χ1v) is 11.9. The van der Waals surface area contributed by atoms with Gasteiger partial charge < -0.3 is 4.74 Å². The average Bonchev–Trinajstić information content (AvgIpc) is 3.07. The van der Waals surface area contributed by atoms with E-state index in [0.29, 0.717) is 24.5 Å². The Hall–Kier alpha value is -1.15. The summed E-state index contributed by atoms with van der Waals surface area (Å²) in [6.07, 6.45) is 4.69. The summed E-state index contributed by atoms with van der Waals surface area (Å²) < 4.78 is 30.6. The lowest BCUT2D eigenvalue weighted by molar-refractivity contribution is -0.00659. The second kappa shape index (κ2) is 7.70. The zero-order valence-electron chi connectivity index (χ0n) is 16.3. The van der Waals surface area contributed by atoms with Gasteiger partial charge in [-0.1, -0.05) is 12.1 Å². The van der Waals surface area contributed by atoms with E-state index in [1.165, 1.54) is 37.8 Å². The van der Waals surface area contributed by atoms with E-state index in [2.05, 4.69) is 38.8 Å². The van der Waals surface area contributed by atoms with E-state index in [4.69, 9.17) is 4.74 Å². The summed E-state index contributed by atoms with van der Waals surface area (Å²) in [6, 6.07) is 9.78. The van der Waals surface area contributed by atoms with Crippen LogP contribution in [0.4, 0.5) is 0 Å². The molecule has 4 aliphatic rings. The van der Waals surface area contributed by atoms with Gasteiger partial charge in [-0.05, 0) is 62.5 Å². The van der Waals surface area contributed by atoms with E-state index in [-0.39, 0.29) is 0 Å². The molecule has 27 heavy (non-hydrogen) atoms. The summed E-state index contributed by atoms with van der Waals surface area (Å²) in [6.45, 7) is 4.99. The number of likely N-dealkylation sites (tertiary alicyclic amines) is 1. The molecule has 1 aromatic carbocycles. The number of sulfonamides is 1. The SMILES string of the molecule is COc1ccc([C@@H]2CN(CCCNS(C)(=O)=O)[C@@H]3C4CCN(CC4)[C@@H]32)cc1. The van der Waals surface area contributed by atoms with Crippen LogP contribution >= 0.6 is 0 Å². The van der Waals surface area contributed by atoms with Crippen LogP contribution in [0.2, 0.25) is 0 Å². The quantitative estimate of drug-likeness (QED) is 0.712. The van der Waals surface area contributed by atoms with Crippen molar-refractivity contribution in [3.05, 3.63) is 29.8 Å². The summed E-state index contributed by atoms with van der Waals surface area (Å²) in [5, 5.41) is 0. The third kappa shape index (κ3) is 4.01. The molecule has 2 bridgehead atoms. The Morgan fingerprint density at radius 3 is 2.48 bits per heavy atom. The van der Waals surface area contributed by atoms with Crippen molar-refractivity contribution in [1.82, 2.24) is 14.5 Å². The van der Waals surface area contributed by atoms with Crippen LogP contribution in [0.15, 0.2) is 24.3 Å². The van der Waals surface area contributed by atoms with Crippen LogP contribution in [0, 0.1) is 5.92 Å². The van der Waals surface area contributed by atoms with Gasteiger partial charge in [0.2, 0.25) is 10.0 Å². The van der Waals surface area contributed by atoms with E-state index in [1.54, 1.807) is 7.11 Å². The molecule has 4 heterocycles. The van der Waals surface area contributed by atoms with Crippen LogP contribution in [0.5, 0.6) is 5.75 Å². The van der Waals surface area contributed by atoms with Crippen molar-refractivity contribution in [2.75, 3.05) is 46.1 Å². The number of rotatable bonds is 7. The minimum Gasteiger partial charge on any atom is -0.497 e. The number of nitrogens with one attached hydrogen (secondary N) is 1. The molecule has 0 spiro atoms. The minimum absolute atomic E-state index is 0.520. The molecule has 0 amide bonds. The van der Waals surface area contributed by atoms with Crippen LogP contribution in [0.3, 0.4) is 0 Å². The molecular formula is C20H31N3O3S. The number of ether oxygens (including phenoxy) is 1. The molecule has 4 fully saturated rings. The molecular weight excluding hydrogens is 362 g/mol. The first kappa shape index (κ1) is 19.2. The highest BCUT2D eigenvalue weighted by molar-refractivity contribution is 7.88. The van der Waals surface area contributed by atoms with E-state index >= 15 is 0 Å². The van der Waals surface area contributed by atoms with Crippen LogP contribution < -0.4 is 9.46 Å². The largest absolute Gasteiger partial charge is 0.497 e. The first-order chi connectivity index (χ1) is 13.0. The standard InChI is InChI=1S/C20H31N3O3S/c1-26-17-6-4-15(5-7-17)18-14-23(11-3-10-21-27(2,24)25)19-16-8-12-22(13-9-16)20(18)19/h4-7,16,18-21H,3,8-14H2,1-2H3/t18-,19+,20+/m0/s1. The molecule has 3 atom stereocenters. The van der Waals surface area contributed by atoms with Gasteiger partial charge in [-0.3, -0.25) is 9.80 Å². The maximum Gasteiger partial charge on any atom is 0.208 e. The number of piperidine rings is 3. The third-order valence-electron chi connectivity index (χ3n) is 6.62. The summed E-state index contributed by atoms with van der Waals surface area (Å²) in [5.74, 6) is 2.21. The van der Waals surface area contributed by atoms with Crippen molar-refractivity contribution in [2.45, 2.75) is 37.3 Å². The van der Waals surface area contributed by atoms with Gasteiger partial charge in [-0.25, -0.2) is 13.1 Å². The Labute approximate surface area is 162 Å². The molecule has 4 saturated heterocycles. The highest BCUT2D eigenvalue weighted by Crippen LogP contribution is 2.46. The molecule has 1 N–H and O–H groups in total. The molecule has 1 aromatic rings. The van der Waals surface area contributed by atoms with Crippen molar-refractivity contribution in [2.24, 2.45) is 5.92 Å². The second-order valence-electron chi connectivity index (χ2n) is 8.25. The number of benzene rings is 1. The Kier molecular flexibility index (Phi) is 5.47. The maximum absolute atomic E-state index is 11.3. The average molecular weight is 394 g/mol. The Bertz CT molecular complexity index is 744. The number of nitrogens with zero attached hydrogens (tertiary/aromatic N) is 2. The smallest absolute Gasteiger partial charge is 0.208 e. The van der Waals surface area contributed by atoms with Crippen LogP contribution in [0.25, 0.3) is 0 Å². The van der Waals surface area contributed by atoms with Crippen molar-refractivity contribution >= 4 is 10.0 Å². The molecule has 4 aliphatic heterocycles. The second-order valence-corrected chi connectivity index (χ2v) is 10.1. The third-order valence-corrected chi connectivity index (χ3v) is 7.35. The zero-order valence-corrected chi connectivity index (χ0v) is 17.1. The molecule has 0 aliphatic carbocycles. The Morgan fingerprint density at radius 1 is 1.15 bits per heavy atom. The Balaban J connectivity index is 1.49. The van der Waals surface area contributed by atoms with Crippen molar-refractivity contribution in [1.29, 1.82) is 0 Å². The highest BCUT2D eigenvalue weighted by Gasteiger charge is 2.52. The molecule has 0 saturated carbocycles. The van der Waals surface area contributed by atoms with E-state index in [9.17, 15) is 8.42 Å². The van der Waals surface area contributed by atoms with Crippen LogP contribution in [-0.4, -0.2) is 76.4 Å². The van der Waals surface area contributed by atoms with Crippen LogP contribution in [0.1, 0.15) is 30.7 Å². The zero-order chi connectivity index (χ0) is 19.0. The van der Waals surface area contributed by atoms with Crippen molar-refractivity contribution in [3.8, 4) is 5.75 Å². The van der Waals surface area contributed by atoms with Gasteiger partial charge in [0.05, 0.1) is 13.4 Å². The van der Waals surface area contributed by atoms with Gasteiger partial charge in [-0.2, -0.15) is 0 Å². The molecule has 7 heteroatoms. The van der Waals surface area contributed by atoms with Gasteiger partial charge in [0, 0.05) is 31.1 Å². The normalized spacial score (nSPS) is 33.2. The summed E-state index contributed by atoms with van der Waals surface area (Å²) in [7, 11) is -1.39. The lowest BCUT2D eigenvalue weighted by Gasteiger charge is -2.51. The van der Waals surface area contributed by atoms with Crippen molar-refractivity contribution in [3.63, 3.8) is 0 Å². The predicted octanol–water partition coefficient (Wildman–Crippen LogP) is 1.50.